The average molecular weight is 992 g/mol. The lowest BCUT2D eigenvalue weighted by Crippen LogP contribution is -2.30. The van der Waals surface area contributed by atoms with Crippen LogP contribution in [0.2, 0.25) is 0 Å². The highest BCUT2D eigenvalue weighted by Gasteiger charge is 2.19. The van der Waals surface area contributed by atoms with E-state index in [0.29, 0.717) is 19.3 Å². The lowest BCUT2D eigenvalue weighted by Gasteiger charge is -2.18. The first-order valence-corrected chi connectivity index (χ1v) is 30.4. The summed E-state index contributed by atoms with van der Waals surface area (Å²) in [6.45, 7) is 6.51. The van der Waals surface area contributed by atoms with Gasteiger partial charge >= 0.3 is 17.9 Å². The van der Waals surface area contributed by atoms with Crippen LogP contribution in [0.4, 0.5) is 0 Å². The van der Waals surface area contributed by atoms with Gasteiger partial charge in [0.15, 0.2) is 6.10 Å². The second-order valence-corrected chi connectivity index (χ2v) is 20.2. The van der Waals surface area contributed by atoms with Crippen LogP contribution in [0.3, 0.4) is 0 Å². The van der Waals surface area contributed by atoms with Gasteiger partial charge in [-0.05, 0) is 89.9 Å². The molecule has 0 aromatic carbocycles. The number of rotatable bonds is 55. The summed E-state index contributed by atoms with van der Waals surface area (Å²) in [4.78, 5) is 38.3. The number of hydrogen-bond donors (Lipinski definition) is 0. The Bertz CT molecular complexity index is 1320. The zero-order chi connectivity index (χ0) is 51.4. The van der Waals surface area contributed by atoms with Crippen LogP contribution >= 0.6 is 0 Å². The van der Waals surface area contributed by atoms with Gasteiger partial charge in [0.1, 0.15) is 13.2 Å². The average Bonchev–Trinajstić information content (AvgIpc) is 3.37. The number of ether oxygens (including phenoxy) is 3. The van der Waals surface area contributed by atoms with Crippen molar-refractivity contribution in [2.24, 2.45) is 0 Å². The summed E-state index contributed by atoms with van der Waals surface area (Å²) in [5, 5.41) is 0. The zero-order valence-electron chi connectivity index (χ0n) is 47.0. The van der Waals surface area contributed by atoms with Crippen molar-refractivity contribution in [3.8, 4) is 0 Å². The molecule has 0 saturated carbocycles. The highest BCUT2D eigenvalue weighted by molar-refractivity contribution is 5.71. The molecular weight excluding hydrogens is 877 g/mol. The topological polar surface area (TPSA) is 78.9 Å². The summed E-state index contributed by atoms with van der Waals surface area (Å²) in [6.07, 6.45) is 76.1. The molecule has 6 nitrogen and oxygen atoms in total. The number of carbonyl (C=O) groups is 3. The van der Waals surface area contributed by atoms with Crippen LogP contribution in [0.25, 0.3) is 0 Å². The van der Waals surface area contributed by atoms with Crippen molar-refractivity contribution >= 4 is 17.9 Å². The van der Waals surface area contributed by atoms with E-state index in [1.165, 1.54) is 154 Å². The van der Waals surface area contributed by atoms with Crippen molar-refractivity contribution in [1.29, 1.82) is 0 Å². The third-order valence-electron chi connectivity index (χ3n) is 13.2. The molecule has 0 rings (SSSR count). The Morgan fingerprint density at radius 3 is 0.887 bits per heavy atom. The van der Waals surface area contributed by atoms with Gasteiger partial charge < -0.3 is 14.2 Å². The van der Waals surface area contributed by atoms with Crippen LogP contribution in [-0.4, -0.2) is 37.2 Å². The highest BCUT2D eigenvalue weighted by Crippen LogP contribution is 2.16. The van der Waals surface area contributed by atoms with E-state index in [4.69, 9.17) is 14.2 Å². The van der Waals surface area contributed by atoms with E-state index in [1.807, 2.05) is 0 Å². The van der Waals surface area contributed by atoms with E-state index in [9.17, 15) is 14.4 Å². The summed E-state index contributed by atoms with van der Waals surface area (Å²) >= 11 is 0. The Labute approximate surface area is 440 Å². The molecule has 0 aliphatic carbocycles. The smallest absolute Gasteiger partial charge is 0.306 e. The van der Waals surface area contributed by atoms with E-state index in [-0.39, 0.29) is 31.1 Å². The van der Waals surface area contributed by atoms with E-state index < -0.39 is 6.10 Å². The third-order valence-corrected chi connectivity index (χ3v) is 13.2. The summed E-state index contributed by atoms with van der Waals surface area (Å²) in [7, 11) is 0. The molecule has 0 aliphatic heterocycles. The van der Waals surface area contributed by atoms with E-state index in [1.54, 1.807) is 0 Å². The first-order chi connectivity index (χ1) is 35.0. The van der Waals surface area contributed by atoms with Gasteiger partial charge in [0.05, 0.1) is 0 Å². The molecule has 1 atom stereocenters. The van der Waals surface area contributed by atoms with Crippen molar-refractivity contribution in [3.05, 3.63) is 72.9 Å². The molecule has 0 radical (unpaired) electrons. The van der Waals surface area contributed by atoms with Gasteiger partial charge in [-0.2, -0.15) is 0 Å². The molecule has 0 fully saturated rings. The van der Waals surface area contributed by atoms with Gasteiger partial charge in [0.25, 0.3) is 0 Å². The SMILES string of the molecule is CC/C=C\C/C=C\C/C=C\C/C=C\CCCCCCC(=O)O[C@H](COC(=O)CCCCCCCCC/C=C\C/C=C\CCCCC)COC(=O)CCCCCCCCCCCCCCCCCCCCC. The predicted octanol–water partition coefficient (Wildman–Crippen LogP) is 20.5. The van der Waals surface area contributed by atoms with E-state index in [2.05, 4.69) is 93.7 Å². The van der Waals surface area contributed by atoms with Crippen LogP contribution in [-0.2, 0) is 28.6 Å². The van der Waals surface area contributed by atoms with Gasteiger partial charge in [0.2, 0.25) is 0 Å². The van der Waals surface area contributed by atoms with E-state index >= 15 is 0 Å². The molecule has 0 aliphatic rings. The van der Waals surface area contributed by atoms with Crippen molar-refractivity contribution in [1.82, 2.24) is 0 Å². The minimum Gasteiger partial charge on any atom is -0.462 e. The largest absolute Gasteiger partial charge is 0.462 e. The fraction of sp³-hybridized carbons (Fsp3) is 0.769. The lowest BCUT2D eigenvalue weighted by atomic mass is 10.0. The Hall–Kier alpha value is -3.15. The molecule has 410 valence electrons. The standard InChI is InChI=1S/C65H114O6/c1-4-7-10-13-16-19-22-25-28-31-32-35-37-40-43-46-49-52-55-58-64(67)70-61-62(71-65(68)59-56-53-50-47-44-41-38-34-30-27-24-21-18-15-12-9-6-3)60-69-63(66)57-54-51-48-45-42-39-36-33-29-26-23-20-17-14-11-8-5-2/h9,12,17-18,20-21,26-27,29-30,38,41,62H,4-8,10-11,13-16,19,22-25,28,31-37,39-40,42-61H2,1-3H3/b12-9-,20-17-,21-18-,29-26-,30-27-,41-38-/t62-/m1/s1. The van der Waals surface area contributed by atoms with Crippen LogP contribution in [0.5, 0.6) is 0 Å². The van der Waals surface area contributed by atoms with Crippen LogP contribution < -0.4 is 0 Å². The molecule has 6 heteroatoms. The molecule has 0 aromatic rings. The van der Waals surface area contributed by atoms with Gasteiger partial charge in [0, 0.05) is 19.3 Å². The monoisotopic (exact) mass is 991 g/mol. The minimum absolute atomic E-state index is 0.0855. The van der Waals surface area contributed by atoms with Crippen molar-refractivity contribution in [2.75, 3.05) is 13.2 Å². The van der Waals surface area contributed by atoms with Crippen LogP contribution in [0.1, 0.15) is 303 Å². The molecule has 71 heavy (non-hydrogen) atoms. The number of allylic oxidation sites excluding steroid dienone is 12. The Kier molecular flexibility index (Phi) is 56.8. The summed E-state index contributed by atoms with van der Waals surface area (Å²) < 4.78 is 16.9. The second-order valence-electron chi connectivity index (χ2n) is 20.2. The van der Waals surface area contributed by atoms with Crippen molar-refractivity contribution in [3.63, 3.8) is 0 Å². The maximum atomic E-state index is 12.9. The summed E-state index contributed by atoms with van der Waals surface area (Å²) in [6, 6.07) is 0. The normalized spacial score (nSPS) is 12.5. The fourth-order valence-corrected chi connectivity index (χ4v) is 8.64. The van der Waals surface area contributed by atoms with Gasteiger partial charge in [-0.15, -0.1) is 0 Å². The molecule has 0 aromatic heterocycles. The summed E-state index contributed by atoms with van der Waals surface area (Å²) in [5.41, 5.74) is 0. The van der Waals surface area contributed by atoms with Gasteiger partial charge in [-0.1, -0.05) is 267 Å². The van der Waals surface area contributed by atoms with Crippen molar-refractivity contribution < 1.29 is 28.6 Å². The fourth-order valence-electron chi connectivity index (χ4n) is 8.64. The molecule has 0 unspecified atom stereocenters. The number of hydrogen-bond acceptors (Lipinski definition) is 6. The molecule has 0 amide bonds. The van der Waals surface area contributed by atoms with Crippen LogP contribution in [0.15, 0.2) is 72.9 Å². The number of esters is 3. The first-order valence-electron chi connectivity index (χ1n) is 30.4. The van der Waals surface area contributed by atoms with Crippen molar-refractivity contribution in [2.45, 2.75) is 309 Å². The zero-order valence-corrected chi connectivity index (χ0v) is 47.0. The maximum Gasteiger partial charge on any atom is 0.306 e. The lowest BCUT2D eigenvalue weighted by molar-refractivity contribution is -0.167. The second kappa shape index (κ2) is 59.4. The van der Waals surface area contributed by atoms with E-state index in [0.717, 1.165) is 109 Å². The third kappa shape index (κ3) is 57.6. The maximum absolute atomic E-state index is 12.9. The quantitative estimate of drug-likeness (QED) is 0.0261. The number of carbonyl (C=O) groups excluding carboxylic acids is 3. The molecule has 0 heterocycles. The predicted molar refractivity (Wildman–Crippen MR) is 307 cm³/mol. The molecule has 0 bridgehead atoms. The molecular formula is C65H114O6. The molecule has 0 saturated heterocycles. The van der Waals surface area contributed by atoms with Crippen LogP contribution in [0, 0.1) is 0 Å². The van der Waals surface area contributed by atoms with Gasteiger partial charge in [-0.3, -0.25) is 14.4 Å². The number of unbranched alkanes of at least 4 members (excludes halogenated alkanes) is 32. The minimum atomic E-state index is -0.791. The highest BCUT2D eigenvalue weighted by atomic mass is 16.6. The summed E-state index contributed by atoms with van der Waals surface area (Å²) in [5.74, 6) is -0.904. The Balaban J connectivity index is 4.40. The van der Waals surface area contributed by atoms with Gasteiger partial charge in [-0.25, -0.2) is 0 Å². The Morgan fingerprint density at radius 2 is 0.549 bits per heavy atom. The first kappa shape index (κ1) is 67.8. The molecule has 0 spiro atoms. The Morgan fingerprint density at radius 1 is 0.296 bits per heavy atom. The molecule has 0 N–H and O–H groups in total.